The molecule has 0 fully saturated rings. The van der Waals surface area contributed by atoms with Gasteiger partial charge < -0.3 is 14.7 Å². The van der Waals surface area contributed by atoms with Crippen LogP contribution in [0.15, 0.2) is 11.1 Å². The third-order valence-electron chi connectivity index (χ3n) is 0.126. The van der Waals surface area contributed by atoms with Gasteiger partial charge in [-0.3, -0.25) is 0 Å². The van der Waals surface area contributed by atoms with Crippen LogP contribution in [-0.4, -0.2) is 14.7 Å². The van der Waals surface area contributed by atoms with E-state index in [0.29, 0.717) is 0 Å². The topological polar surface area (TPSA) is 77.8 Å². The molecule has 0 aromatic rings. The summed E-state index contributed by atoms with van der Waals surface area (Å²) in [5.41, 5.74) is 0. The molecule has 9 heavy (non-hydrogen) atoms. The zero-order chi connectivity index (χ0) is 7.91. The Hall–Kier alpha value is 0.330. The minimum absolute atomic E-state index is 1.81. The highest BCUT2D eigenvalue weighted by molar-refractivity contribution is 9.11. The molecule has 0 spiro atoms. The lowest BCUT2D eigenvalue weighted by Gasteiger charge is -1.82. The van der Waals surface area contributed by atoms with Crippen molar-refractivity contribution in [3.63, 3.8) is 0 Å². The van der Waals surface area contributed by atoms with Gasteiger partial charge in [-0.1, -0.05) is 22.0 Å². The molecule has 0 aliphatic heterocycles. The molecule has 0 bridgehead atoms. The maximum Gasteiger partial charge on any atom is 0.466 e. The van der Waals surface area contributed by atoms with Gasteiger partial charge in [-0.05, 0) is 11.9 Å². The Morgan fingerprint density at radius 3 is 1.56 bits per heavy atom. The molecule has 0 rings (SSSR count). The van der Waals surface area contributed by atoms with E-state index in [9.17, 15) is 0 Å². The van der Waals surface area contributed by atoms with Crippen LogP contribution in [0.2, 0.25) is 0 Å². The second-order valence-electron chi connectivity index (χ2n) is 0.973. The van der Waals surface area contributed by atoms with Gasteiger partial charge in [-0.25, -0.2) is 4.57 Å². The molecule has 0 aromatic carbocycles. The highest BCUT2D eigenvalue weighted by Gasteiger charge is 2.00. The molecule has 3 N–H and O–H groups in total. The largest absolute Gasteiger partial charge is 0.466 e. The molecule has 6 heteroatoms. The number of hydrogen-bond acceptors (Lipinski definition) is 1. The number of rotatable bonds is 0. The summed E-state index contributed by atoms with van der Waals surface area (Å²) in [6.07, 6.45) is 1.92. The van der Waals surface area contributed by atoms with E-state index in [0.717, 1.165) is 0 Å². The SMILES string of the molecule is CC=CBr.O=P(O)(O)O. The van der Waals surface area contributed by atoms with E-state index >= 15 is 0 Å². The Labute approximate surface area is 61.6 Å². The van der Waals surface area contributed by atoms with E-state index in [1.54, 1.807) is 0 Å². The molecule has 0 aliphatic carbocycles. The van der Waals surface area contributed by atoms with Crippen molar-refractivity contribution >= 4 is 23.8 Å². The molecule has 0 saturated heterocycles. The molecule has 4 nitrogen and oxygen atoms in total. The Morgan fingerprint density at radius 2 is 1.56 bits per heavy atom. The second-order valence-corrected chi connectivity index (χ2v) is 2.53. The molecule has 0 radical (unpaired) electrons. The summed E-state index contributed by atoms with van der Waals surface area (Å²) in [6.45, 7) is 1.95. The Kier molecular flexibility index (Phi) is 8.64. The van der Waals surface area contributed by atoms with Gasteiger partial charge in [0.25, 0.3) is 0 Å². The van der Waals surface area contributed by atoms with Crippen LogP contribution in [0.3, 0.4) is 0 Å². The number of hydrogen-bond donors (Lipinski definition) is 3. The van der Waals surface area contributed by atoms with Crippen molar-refractivity contribution in [1.29, 1.82) is 0 Å². The highest BCUT2D eigenvalue weighted by Crippen LogP contribution is 2.25. The fourth-order valence-electron chi connectivity index (χ4n) is 0. The van der Waals surface area contributed by atoms with E-state index in [1.807, 2.05) is 18.0 Å². The molecular formula is C3H8BrO4P. The summed E-state index contributed by atoms with van der Waals surface area (Å²) >= 11 is 3.07. The standard InChI is InChI=1S/C3H5Br.H3O4P/c1-2-3-4;1-5(2,3)4/h2-3H,1H3;(H3,1,2,3,4). The van der Waals surface area contributed by atoms with Gasteiger partial charge in [0.05, 0.1) is 0 Å². The van der Waals surface area contributed by atoms with Crippen molar-refractivity contribution < 1.29 is 19.2 Å². The molecule has 56 valence electrons. The van der Waals surface area contributed by atoms with Gasteiger partial charge in [-0.15, -0.1) is 0 Å². The first-order chi connectivity index (χ1) is 3.91. The Morgan fingerprint density at radius 1 is 1.44 bits per heavy atom. The first-order valence-electron chi connectivity index (χ1n) is 1.91. The Balaban J connectivity index is 0. The Bertz CT molecular complexity index is 105. The van der Waals surface area contributed by atoms with Crippen LogP contribution in [0.5, 0.6) is 0 Å². The summed E-state index contributed by atoms with van der Waals surface area (Å²) in [6, 6.07) is 0. The molecule has 0 atom stereocenters. The lowest BCUT2D eigenvalue weighted by Crippen LogP contribution is -1.66. The molecule has 0 heterocycles. The predicted molar refractivity (Wildman–Crippen MR) is 38.0 cm³/mol. The molecular weight excluding hydrogens is 211 g/mol. The van der Waals surface area contributed by atoms with Gasteiger partial charge in [-0.2, -0.15) is 0 Å². The number of phosphoric acid groups is 1. The van der Waals surface area contributed by atoms with Crippen LogP contribution >= 0.6 is 23.8 Å². The molecule has 0 amide bonds. The summed E-state index contributed by atoms with van der Waals surface area (Å²) in [5, 5.41) is 0. The van der Waals surface area contributed by atoms with Crippen LogP contribution in [0, 0.1) is 0 Å². The van der Waals surface area contributed by atoms with Crippen LogP contribution in [0.25, 0.3) is 0 Å². The first-order valence-corrected chi connectivity index (χ1v) is 4.39. The highest BCUT2D eigenvalue weighted by atomic mass is 79.9. The van der Waals surface area contributed by atoms with Crippen molar-refractivity contribution in [1.82, 2.24) is 0 Å². The molecule has 0 aromatic heterocycles. The average molecular weight is 219 g/mol. The lowest BCUT2D eigenvalue weighted by atomic mass is 10.8. The fourth-order valence-corrected chi connectivity index (χ4v) is 0. The smallest absolute Gasteiger partial charge is 0.303 e. The van der Waals surface area contributed by atoms with Gasteiger partial charge >= 0.3 is 7.82 Å². The predicted octanol–water partition coefficient (Wildman–Crippen LogP) is 0.986. The first kappa shape index (κ1) is 12.0. The maximum absolute atomic E-state index is 8.88. The fraction of sp³-hybridized carbons (Fsp3) is 0.333. The summed E-state index contributed by atoms with van der Waals surface area (Å²) in [5.74, 6) is 0. The van der Waals surface area contributed by atoms with E-state index in [2.05, 4.69) is 15.9 Å². The minimum Gasteiger partial charge on any atom is -0.303 e. The summed E-state index contributed by atoms with van der Waals surface area (Å²) < 4.78 is 8.88. The third kappa shape index (κ3) is 189. The van der Waals surface area contributed by atoms with E-state index in [4.69, 9.17) is 19.2 Å². The van der Waals surface area contributed by atoms with E-state index in [-0.39, 0.29) is 0 Å². The van der Waals surface area contributed by atoms with Crippen LogP contribution in [0.1, 0.15) is 6.92 Å². The minimum atomic E-state index is -4.64. The van der Waals surface area contributed by atoms with Crippen molar-refractivity contribution in [2.24, 2.45) is 0 Å². The van der Waals surface area contributed by atoms with Gasteiger partial charge in [0.1, 0.15) is 0 Å². The number of halogens is 1. The van der Waals surface area contributed by atoms with Crippen molar-refractivity contribution in [3.8, 4) is 0 Å². The van der Waals surface area contributed by atoms with Crippen molar-refractivity contribution in [3.05, 3.63) is 11.1 Å². The molecule has 0 unspecified atom stereocenters. The van der Waals surface area contributed by atoms with Crippen molar-refractivity contribution in [2.75, 3.05) is 0 Å². The van der Waals surface area contributed by atoms with Gasteiger partial charge in [0.15, 0.2) is 0 Å². The zero-order valence-corrected chi connectivity index (χ0v) is 7.21. The molecule has 0 aliphatic rings. The quantitative estimate of drug-likeness (QED) is 0.530. The van der Waals surface area contributed by atoms with E-state index in [1.165, 1.54) is 0 Å². The van der Waals surface area contributed by atoms with Gasteiger partial charge in [0, 0.05) is 0 Å². The third-order valence-corrected chi connectivity index (χ3v) is 0.655. The zero-order valence-electron chi connectivity index (χ0n) is 4.73. The lowest BCUT2D eigenvalue weighted by molar-refractivity contribution is 0.275. The normalized spacial score (nSPS) is 10.8. The molecule has 0 saturated carbocycles. The van der Waals surface area contributed by atoms with Crippen LogP contribution < -0.4 is 0 Å². The van der Waals surface area contributed by atoms with Gasteiger partial charge in [0.2, 0.25) is 0 Å². The second kappa shape index (κ2) is 6.45. The average Bonchev–Trinajstić information content (AvgIpc) is 1.61. The van der Waals surface area contributed by atoms with E-state index < -0.39 is 7.82 Å². The van der Waals surface area contributed by atoms with Crippen molar-refractivity contribution in [2.45, 2.75) is 6.92 Å². The number of allylic oxidation sites excluding steroid dienone is 1. The maximum atomic E-state index is 8.88. The van der Waals surface area contributed by atoms with Crippen LogP contribution in [0.4, 0.5) is 0 Å². The van der Waals surface area contributed by atoms with Crippen LogP contribution in [-0.2, 0) is 4.57 Å². The summed E-state index contributed by atoms with van der Waals surface area (Å²) in [4.78, 5) is 23.4. The summed E-state index contributed by atoms with van der Waals surface area (Å²) in [7, 11) is -4.64. The monoisotopic (exact) mass is 218 g/mol.